The Morgan fingerprint density at radius 3 is 2.78 bits per heavy atom. The molecule has 5 heteroatoms. The first-order chi connectivity index (χ1) is 11.2. The summed E-state index contributed by atoms with van der Waals surface area (Å²) in [6.45, 7) is 2.11. The summed E-state index contributed by atoms with van der Waals surface area (Å²) in [4.78, 5) is 11.4. The van der Waals surface area contributed by atoms with Gasteiger partial charge >= 0.3 is 5.97 Å². The number of rotatable bonds is 4. The van der Waals surface area contributed by atoms with E-state index in [0.29, 0.717) is 6.61 Å². The second-order valence-corrected chi connectivity index (χ2v) is 4.97. The van der Waals surface area contributed by atoms with Gasteiger partial charge in [0.25, 0.3) is 0 Å². The van der Waals surface area contributed by atoms with Gasteiger partial charge in [0.2, 0.25) is 0 Å². The van der Waals surface area contributed by atoms with Gasteiger partial charge in [0, 0.05) is 17.0 Å². The molecule has 0 bridgehead atoms. The van der Waals surface area contributed by atoms with Crippen LogP contribution in [0.3, 0.4) is 0 Å². The number of fused-ring (bicyclic) bond motifs is 1. The number of aromatic amines is 1. The van der Waals surface area contributed by atoms with Crippen LogP contribution in [0.15, 0.2) is 48.5 Å². The van der Waals surface area contributed by atoms with Crippen LogP contribution in [0.4, 0.5) is 4.39 Å². The first-order valence-corrected chi connectivity index (χ1v) is 7.26. The summed E-state index contributed by atoms with van der Waals surface area (Å²) in [5.41, 5.74) is 3.29. The summed E-state index contributed by atoms with van der Waals surface area (Å²) in [5, 5.41) is 8.16. The Labute approximate surface area is 132 Å². The highest BCUT2D eigenvalue weighted by atomic mass is 19.1. The molecule has 0 unspecified atom stereocenters. The molecule has 0 fully saturated rings. The zero-order valence-corrected chi connectivity index (χ0v) is 12.5. The maximum atomic E-state index is 13.1. The molecule has 0 aliphatic carbocycles. The number of carbonyl (C=O) groups excluding carboxylic acids is 1. The minimum absolute atomic E-state index is 0.286. The number of ether oxygens (including phenoxy) is 1. The van der Waals surface area contributed by atoms with E-state index in [1.54, 1.807) is 25.1 Å². The maximum absolute atomic E-state index is 13.1. The second kappa shape index (κ2) is 6.44. The fourth-order valence-electron chi connectivity index (χ4n) is 2.32. The van der Waals surface area contributed by atoms with Crippen molar-refractivity contribution in [3.05, 3.63) is 59.9 Å². The van der Waals surface area contributed by atoms with Crippen molar-refractivity contribution in [2.75, 3.05) is 6.61 Å². The zero-order valence-electron chi connectivity index (χ0n) is 12.5. The molecule has 116 valence electrons. The van der Waals surface area contributed by atoms with Crippen molar-refractivity contribution in [2.45, 2.75) is 6.92 Å². The van der Waals surface area contributed by atoms with Gasteiger partial charge in [-0.25, -0.2) is 9.18 Å². The van der Waals surface area contributed by atoms with Gasteiger partial charge in [-0.3, -0.25) is 5.10 Å². The Balaban J connectivity index is 1.97. The first-order valence-electron chi connectivity index (χ1n) is 7.26. The van der Waals surface area contributed by atoms with E-state index in [1.807, 2.05) is 18.2 Å². The van der Waals surface area contributed by atoms with E-state index >= 15 is 0 Å². The van der Waals surface area contributed by atoms with Crippen molar-refractivity contribution in [3.63, 3.8) is 0 Å². The Hall–Kier alpha value is -2.95. The van der Waals surface area contributed by atoms with Gasteiger partial charge in [-0.15, -0.1) is 0 Å². The van der Waals surface area contributed by atoms with Gasteiger partial charge in [-0.1, -0.05) is 6.07 Å². The lowest BCUT2D eigenvalue weighted by Crippen LogP contribution is -1.98. The van der Waals surface area contributed by atoms with Gasteiger partial charge in [0.05, 0.1) is 17.8 Å². The molecule has 2 aromatic carbocycles. The van der Waals surface area contributed by atoms with Crippen LogP contribution < -0.4 is 0 Å². The van der Waals surface area contributed by atoms with Crippen molar-refractivity contribution in [1.82, 2.24) is 10.2 Å². The van der Waals surface area contributed by atoms with E-state index in [0.717, 1.165) is 27.7 Å². The van der Waals surface area contributed by atoms with Crippen molar-refractivity contribution in [3.8, 4) is 11.3 Å². The Kier molecular flexibility index (Phi) is 4.19. The van der Waals surface area contributed by atoms with Gasteiger partial charge in [-0.2, -0.15) is 5.10 Å². The molecule has 0 radical (unpaired) electrons. The normalized spacial score (nSPS) is 11.2. The Morgan fingerprint density at radius 1 is 1.26 bits per heavy atom. The van der Waals surface area contributed by atoms with Gasteiger partial charge in [0.15, 0.2) is 0 Å². The van der Waals surface area contributed by atoms with Gasteiger partial charge in [-0.05, 0) is 55.0 Å². The second-order valence-electron chi connectivity index (χ2n) is 4.97. The summed E-state index contributed by atoms with van der Waals surface area (Å²) >= 11 is 0. The predicted molar refractivity (Wildman–Crippen MR) is 87.2 cm³/mol. The van der Waals surface area contributed by atoms with Crippen LogP contribution in [0, 0.1) is 5.82 Å². The van der Waals surface area contributed by atoms with Crippen LogP contribution in [-0.4, -0.2) is 22.8 Å². The third-order valence-electron chi connectivity index (χ3n) is 3.40. The number of hydrogen-bond donors (Lipinski definition) is 1. The molecule has 1 heterocycles. The molecule has 4 nitrogen and oxygen atoms in total. The van der Waals surface area contributed by atoms with Crippen LogP contribution in [0.1, 0.15) is 12.5 Å². The molecule has 0 spiro atoms. The number of hydrogen-bond acceptors (Lipinski definition) is 3. The van der Waals surface area contributed by atoms with E-state index in [-0.39, 0.29) is 11.8 Å². The number of halogens is 1. The zero-order chi connectivity index (χ0) is 16.2. The first kappa shape index (κ1) is 15.0. The molecule has 0 atom stereocenters. The molecular weight excluding hydrogens is 295 g/mol. The molecule has 0 amide bonds. The van der Waals surface area contributed by atoms with Crippen molar-refractivity contribution >= 4 is 22.9 Å². The fraction of sp³-hybridized carbons (Fsp3) is 0.111. The monoisotopic (exact) mass is 310 g/mol. The molecule has 0 saturated heterocycles. The number of benzene rings is 2. The number of H-pyrrole nitrogens is 1. The largest absolute Gasteiger partial charge is 0.463 e. The number of esters is 1. The highest BCUT2D eigenvalue weighted by Crippen LogP contribution is 2.27. The van der Waals surface area contributed by atoms with E-state index < -0.39 is 0 Å². The molecule has 1 N–H and O–H groups in total. The average molecular weight is 310 g/mol. The minimum Gasteiger partial charge on any atom is -0.463 e. The van der Waals surface area contributed by atoms with E-state index in [9.17, 15) is 9.18 Å². The van der Waals surface area contributed by atoms with Crippen LogP contribution >= 0.6 is 0 Å². The van der Waals surface area contributed by atoms with Crippen molar-refractivity contribution in [2.24, 2.45) is 0 Å². The topological polar surface area (TPSA) is 55.0 Å². The van der Waals surface area contributed by atoms with Crippen molar-refractivity contribution in [1.29, 1.82) is 0 Å². The smallest absolute Gasteiger partial charge is 0.330 e. The summed E-state index contributed by atoms with van der Waals surface area (Å²) in [7, 11) is 0. The third kappa shape index (κ3) is 3.29. The Bertz CT molecular complexity index is 866. The van der Waals surface area contributed by atoms with Crippen LogP contribution in [0.25, 0.3) is 28.2 Å². The Morgan fingerprint density at radius 2 is 2.04 bits per heavy atom. The number of carbonyl (C=O) groups is 1. The number of aromatic nitrogens is 2. The third-order valence-corrected chi connectivity index (χ3v) is 3.40. The van der Waals surface area contributed by atoms with Crippen LogP contribution in [-0.2, 0) is 9.53 Å². The highest BCUT2D eigenvalue weighted by Gasteiger charge is 2.08. The lowest BCUT2D eigenvalue weighted by Gasteiger charge is -1.99. The van der Waals surface area contributed by atoms with Gasteiger partial charge in [0.1, 0.15) is 5.82 Å². The number of nitrogens with one attached hydrogen (secondary N) is 1. The van der Waals surface area contributed by atoms with E-state index in [4.69, 9.17) is 4.74 Å². The molecule has 0 saturated carbocycles. The fourth-order valence-corrected chi connectivity index (χ4v) is 2.32. The summed E-state index contributed by atoms with van der Waals surface area (Å²) < 4.78 is 17.9. The lowest BCUT2D eigenvalue weighted by molar-refractivity contribution is -0.137. The molecule has 23 heavy (non-hydrogen) atoms. The maximum Gasteiger partial charge on any atom is 0.330 e. The van der Waals surface area contributed by atoms with Crippen LogP contribution in [0.2, 0.25) is 0 Å². The lowest BCUT2D eigenvalue weighted by atomic mass is 10.1. The van der Waals surface area contributed by atoms with Crippen LogP contribution in [0.5, 0.6) is 0 Å². The molecule has 1 aromatic heterocycles. The van der Waals surface area contributed by atoms with E-state index in [1.165, 1.54) is 18.2 Å². The summed E-state index contributed by atoms with van der Waals surface area (Å²) in [6, 6.07) is 11.9. The minimum atomic E-state index is -0.376. The SMILES string of the molecule is CCOC(=O)/C=C/c1ccc2[nH]nc(-c3ccc(F)cc3)c2c1. The standard InChI is InChI=1S/C18H15FN2O2/c1-2-23-17(22)10-4-12-3-9-16-15(11-12)18(21-20-16)13-5-7-14(19)8-6-13/h3-11H,2H2,1H3,(H,20,21)/b10-4+. The molecule has 0 aliphatic rings. The number of nitrogens with zero attached hydrogens (tertiary/aromatic N) is 1. The average Bonchev–Trinajstić information content (AvgIpc) is 2.97. The predicted octanol–water partition coefficient (Wildman–Crippen LogP) is 3.95. The molecule has 3 aromatic rings. The summed E-state index contributed by atoms with van der Waals surface area (Å²) in [6.07, 6.45) is 3.08. The quantitative estimate of drug-likeness (QED) is 0.586. The molecule has 0 aliphatic heterocycles. The highest BCUT2D eigenvalue weighted by molar-refractivity contribution is 5.95. The van der Waals surface area contributed by atoms with Crippen molar-refractivity contribution < 1.29 is 13.9 Å². The molecule has 3 rings (SSSR count). The molecular formula is C18H15FN2O2. The van der Waals surface area contributed by atoms with Gasteiger partial charge < -0.3 is 4.74 Å². The summed E-state index contributed by atoms with van der Waals surface area (Å²) in [5.74, 6) is -0.662. The van der Waals surface area contributed by atoms with E-state index in [2.05, 4.69) is 10.2 Å².